The van der Waals surface area contributed by atoms with Gasteiger partial charge in [0.15, 0.2) is 0 Å². The molecule has 2 heterocycles. The summed E-state index contributed by atoms with van der Waals surface area (Å²) in [5.74, 6) is -1.08. The van der Waals surface area contributed by atoms with Crippen LogP contribution in [0.3, 0.4) is 0 Å². The lowest BCUT2D eigenvalue weighted by atomic mass is 9.77. The first-order chi connectivity index (χ1) is 13.3. The van der Waals surface area contributed by atoms with Crippen molar-refractivity contribution in [1.29, 1.82) is 0 Å². The molecule has 2 atom stereocenters. The molecule has 148 valence electrons. The summed E-state index contributed by atoms with van der Waals surface area (Å²) in [4.78, 5) is 38.8. The molecule has 1 aromatic carbocycles. The fraction of sp³-hybridized carbons (Fsp3) is 0.450. The van der Waals surface area contributed by atoms with Gasteiger partial charge in [0.1, 0.15) is 17.1 Å². The molecule has 0 radical (unpaired) electrons. The number of carbonyl (C=O) groups is 3. The number of carbonyl (C=O) groups excluding carboxylic acids is 2. The molecule has 2 N–H and O–H groups in total. The summed E-state index contributed by atoms with van der Waals surface area (Å²) in [6.45, 7) is 1.72. The molecular formula is C20H21ClN2O4S. The van der Waals surface area contributed by atoms with Gasteiger partial charge >= 0.3 is 5.97 Å². The van der Waals surface area contributed by atoms with Crippen LogP contribution in [0.15, 0.2) is 35.5 Å². The number of nitrogens with one attached hydrogen (secondary N) is 1. The zero-order valence-electron chi connectivity index (χ0n) is 15.4. The maximum atomic E-state index is 13.3. The highest BCUT2D eigenvalue weighted by Crippen LogP contribution is 2.44. The minimum absolute atomic E-state index is 0.0486. The maximum Gasteiger partial charge on any atom is 0.352 e. The molecule has 1 aliphatic carbocycles. The summed E-state index contributed by atoms with van der Waals surface area (Å²) < 4.78 is 0. The summed E-state index contributed by atoms with van der Waals surface area (Å²) in [6.07, 6.45) is 3.35. The van der Waals surface area contributed by atoms with Gasteiger partial charge in [-0.25, -0.2) is 4.79 Å². The van der Waals surface area contributed by atoms with E-state index >= 15 is 0 Å². The minimum atomic E-state index is -1.10. The van der Waals surface area contributed by atoms with E-state index in [1.807, 2.05) is 12.1 Å². The van der Waals surface area contributed by atoms with E-state index in [2.05, 4.69) is 5.32 Å². The van der Waals surface area contributed by atoms with Crippen molar-refractivity contribution in [2.45, 2.75) is 49.4 Å². The number of halogens is 1. The van der Waals surface area contributed by atoms with Gasteiger partial charge in [0.25, 0.3) is 5.91 Å². The second-order valence-electron chi connectivity index (χ2n) is 7.59. The van der Waals surface area contributed by atoms with Crippen molar-refractivity contribution in [3.63, 3.8) is 0 Å². The number of thioether (sulfide) groups is 1. The normalized spacial score (nSPS) is 25.9. The molecule has 6 nitrogen and oxygen atoms in total. The lowest BCUT2D eigenvalue weighted by molar-refractivity contribution is -0.151. The van der Waals surface area contributed by atoms with Crippen molar-refractivity contribution < 1.29 is 19.5 Å². The van der Waals surface area contributed by atoms with Crippen molar-refractivity contribution >= 4 is 41.1 Å². The smallest absolute Gasteiger partial charge is 0.352 e. The third kappa shape index (κ3) is 2.92. The Labute approximate surface area is 172 Å². The topological polar surface area (TPSA) is 86.7 Å². The van der Waals surface area contributed by atoms with Crippen molar-refractivity contribution in [1.82, 2.24) is 10.2 Å². The SMILES string of the molecule is CC1=C(C(=O)O)N2C(=O)[C@@H](NC(=O)C3(c4ccc(Cl)cc4)CCCC3)[C@H]2SC1. The van der Waals surface area contributed by atoms with Gasteiger partial charge in [-0.05, 0) is 43.0 Å². The molecule has 8 heteroatoms. The second-order valence-corrected chi connectivity index (χ2v) is 9.13. The second kappa shape index (κ2) is 7.12. The number of rotatable bonds is 4. The predicted octanol–water partition coefficient (Wildman–Crippen LogP) is 2.91. The Morgan fingerprint density at radius 2 is 1.89 bits per heavy atom. The molecule has 0 unspecified atom stereocenters. The van der Waals surface area contributed by atoms with Gasteiger partial charge < -0.3 is 10.4 Å². The maximum absolute atomic E-state index is 13.3. The van der Waals surface area contributed by atoms with Crippen LogP contribution in [0.1, 0.15) is 38.2 Å². The average Bonchev–Trinajstić information content (AvgIpc) is 3.17. The molecule has 0 aromatic heterocycles. The Morgan fingerprint density at radius 1 is 1.25 bits per heavy atom. The van der Waals surface area contributed by atoms with Crippen LogP contribution >= 0.6 is 23.4 Å². The fourth-order valence-corrected chi connectivity index (χ4v) is 5.87. The number of benzene rings is 1. The lowest BCUT2D eigenvalue weighted by Gasteiger charge is -2.50. The third-order valence-electron chi connectivity index (χ3n) is 5.94. The van der Waals surface area contributed by atoms with Gasteiger partial charge in [-0.1, -0.05) is 36.6 Å². The van der Waals surface area contributed by atoms with E-state index in [0.717, 1.165) is 31.2 Å². The van der Waals surface area contributed by atoms with Gasteiger partial charge in [0, 0.05) is 10.8 Å². The van der Waals surface area contributed by atoms with Crippen LogP contribution in [-0.4, -0.2) is 45.0 Å². The molecule has 0 spiro atoms. The van der Waals surface area contributed by atoms with Crippen molar-refractivity contribution in [3.05, 3.63) is 46.1 Å². The summed E-state index contributed by atoms with van der Waals surface area (Å²) in [6, 6.07) is 6.64. The monoisotopic (exact) mass is 420 g/mol. The molecule has 3 aliphatic rings. The van der Waals surface area contributed by atoms with E-state index in [9.17, 15) is 19.5 Å². The number of carboxylic acid groups (broad SMARTS) is 1. The number of hydrogen-bond acceptors (Lipinski definition) is 4. The highest BCUT2D eigenvalue weighted by molar-refractivity contribution is 8.00. The summed E-state index contributed by atoms with van der Waals surface area (Å²) >= 11 is 7.49. The summed E-state index contributed by atoms with van der Waals surface area (Å²) in [7, 11) is 0. The minimum Gasteiger partial charge on any atom is -0.477 e. The molecule has 2 aliphatic heterocycles. The molecule has 0 bridgehead atoms. The standard InChI is InChI=1S/C20H21ClN2O4S/c1-11-10-28-17-14(16(24)23(17)15(11)18(25)26)22-19(27)20(8-2-3-9-20)12-4-6-13(21)7-5-12/h4-7,14,17H,2-3,8-10H2,1H3,(H,22,27)(H,25,26)/t14-,17-/m1/s1. The van der Waals surface area contributed by atoms with Crippen LogP contribution in [0.2, 0.25) is 5.02 Å². The fourth-order valence-electron chi connectivity index (χ4n) is 4.45. The van der Waals surface area contributed by atoms with Crippen LogP contribution in [0.25, 0.3) is 0 Å². The number of nitrogens with zero attached hydrogens (tertiary/aromatic N) is 1. The zero-order valence-corrected chi connectivity index (χ0v) is 17.0. The van der Waals surface area contributed by atoms with E-state index in [-0.39, 0.29) is 22.9 Å². The van der Waals surface area contributed by atoms with Gasteiger partial charge in [-0.3, -0.25) is 14.5 Å². The number of amides is 2. The molecule has 1 saturated carbocycles. The van der Waals surface area contributed by atoms with Gasteiger partial charge in [-0.2, -0.15) is 0 Å². The first-order valence-electron chi connectivity index (χ1n) is 9.30. The number of hydrogen-bond donors (Lipinski definition) is 2. The predicted molar refractivity (Wildman–Crippen MR) is 107 cm³/mol. The number of fused-ring (bicyclic) bond motifs is 1. The van der Waals surface area contributed by atoms with E-state index in [1.54, 1.807) is 19.1 Å². The van der Waals surface area contributed by atoms with Crippen LogP contribution in [0.5, 0.6) is 0 Å². The zero-order chi connectivity index (χ0) is 20.1. The number of β-lactam (4-membered cyclic amide) rings is 1. The van der Waals surface area contributed by atoms with E-state index < -0.39 is 17.4 Å². The first-order valence-corrected chi connectivity index (χ1v) is 10.7. The van der Waals surface area contributed by atoms with Gasteiger partial charge in [0.05, 0.1) is 5.41 Å². The van der Waals surface area contributed by atoms with Crippen molar-refractivity contribution in [2.75, 3.05) is 5.75 Å². The largest absolute Gasteiger partial charge is 0.477 e. The van der Waals surface area contributed by atoms with E-state index in [0.29, 0.717) is 16.3 Å². The van der Waals surface area contributed by atoms with E-state index in [4.69, 9.17) is 11.6 Å². The Hall–Kier alpha value is -1.99. The molecular weight excluding hydrogens is 400 g/mol. The highest BCUT2D eigenvalue weighted by Gasteiger charge is 2.55. The first kappa shape index (κ1) is 19.3. The molecule has 4 rings (SSSR count). The van der Waals surface area contributed by atoms with Crippen molar-refractivity contribution in [2.24, 2.45) is 0 Å². The Morgan fingerprint density at radius 3 is 2.50 bits per heavy atom. The molecule has 2 fully saturated rings. The molecule has 28 heavy (non-hydrogen) atoms. The Bertz CT molecular complexity index is 877. The van der Waals surface area contributed by atoms with Crippen molar-refractivity contribution in [3.8, 4) is 0 Å². The Balaban J connectivity index is 1.56. The van der Waals surface area contributed by atoms with Gasteiger partial charge in [0.2, 0.25) is 5.91 Å². The quantitative estimate of drug-likeness (QED) is 0.731. The Kier molecular flexibility index (Phi) is 4.91. The molecule has 1 saturated heterocycles. The summed E-state index contributed by atoms with van der Waals surface area (Å²) in [5.41, 5.74) is 0.966. The number of carboxylic acids is 1. The van der Waals surface area contributed by atoms with Crippen LogP contribution in [-0.2, 0) is 19.8 Å². The molecule has 2 amide bonds. The lowest BCUT2D eigenvalue weighted by Crippen LogP contribution is -2.71. The van der Waals surface area contributed by atoms with Gasteiger partial charge in [-0.15, -0.1) is 11.8 Å². The van der Waals surface area contributed by atoms with Crippen LogP contribution in [0.4, 0.5) is 0 Å². The number of aliphatic carboxylic acids is 1. The highest BCUT2D eigenvalue weighted by atomic mass is 35.5. The van der Waals surface area contributed by atoms with E-state index in [1.165, 1.54) is 16.7 Å². The van der Waals surface area contributed by atoms with Crippen LogP contribution < -0.4 is 5.32 Å². The van der Waals surface area contributed by atoms with Crippen LogP contribution in [0, 0.1) is 0 Å². The third-order valence-corrected chi connectivity index (χ3v) is 7.61. The molecule has 1 aromatic rings. The summed E-state index contributed by atoms with van der Waals surface area (Å²) in [5, 5.41) is 12.6. The average molecular weight is 421 g/mol.